The highest BCUT2D eigenvalue weighted by Gasteiger charge is 1.95. The van der Waals surface area contributed by atoms with E-state index < -0.39 is 0 Å². The maximum Gasteiger partial charge on any atom is 0.123 e. The Morgan fingerprint density at radius 3 is 2.62 bits per heavy atom. The van der Waals surface area contributed by atoms with Crippen molar-refractivity contribution >= 4 is 5.69 Å². The van der Waals surface area contributed by atoms with Crippen molar-refractivity contribution in [1.29, 1.82) is 0 Å². The molecule has 0 aliphatic carbocycles. The van der Waals surface area contributed by atoms with E-state index in [0.29, 0.717) is 6.54 Å². The molecule has 2 rings (SSSR count). The normalized spacial score (nSPS) is 10.1. The second-order valence-electron chi connectivity index (χ2n) is 3.67. The third-order valence-corrected chi connectivity index (χ3v) is 2.31. The van der Waals surface area contributed by atoms with Crippen LogP contribution in [0.1, 0.15) is 11.3 Å². The SMILES string of the molecule is Cc1cc(NCc2ccc(F)cc2)ccn1. The Hall–Kier alpha value is -1.90. The van der Waals surface area contributed by atoms with E-state index in [1.807, 2.05) is 19.1 Å². The fraction of sp³-hybridized carbons (Fsp3) is 0.154. The molecule has 16 heavy (non-hydrogen) atoms. The molecule has 0 fully saturated rings. The summed E-state index contributed by atoms with van der Waals surface area (Å²) >= 11 is 0. The van der Waals surface area contributed by atoms with E-state index in [0.717, 1.165) is 16.9 Å². The van der Waals surface area contributed by atoms with Gasteiger partial charge in [-0.2, -0.15) is 0 Å². The Labute approximate surface area is 94.2 Å². The van der Waals surface area contributed by atoms with E-state index in [2.05, 4.69) is 10.3 Å². The van der Waals surface area contributed by atoms with Crippen molar-refractivity contribution in [3.63, 3.8) is 0 Å². The van der Waals surface area contributed by atoms with Gasteiger partial charge < -0.3 is 5.32 Å². The van der Waals surface area contributed by atoms with Crippen LogP contribution in [0.5, 0.6) is 0 Å². The topological polar surface area (TPSA) is 24.9 Å². The van der Waals surface area contributed by atoms with Gasteiger partial charge in [0.2, 0.25) is 0 Å². The van der Waals surface area contributed by atoms with E-state index >= 15 is 0 Å². The van der Waals surface area contributed by atoms with Crippen molar-refractivity contribution in [2.24, 2.45) is 0 Å². The van der Waals surface area contributed by atoms with Gasteiger partial charge in [-0.25, -0.2) is 4.39 Å². The van der Waals surface area contributed by atoms with E-state index in [1.165, 1.54) is 12.1 Å². The van der Waals surface area contributed by atoms with E-state index in [9.17, 15) is 4.39 Å². The van der Waals surface area contributed by atoms with E-state index in [4.69, 9.17) is 0 Å². The number of aromatic nitrogens is 1. The molecule has 0 radical (unpaired) electrons. The number of hydrogen-bond acceptors (Lipinski definition) is 2. The molecule has 1 aromatic heterocycles. The predicted molar refractivity (Wildman–Crippen MR) is 62.7 cm³/mol. The maximum atomic E-state index is 12.7. The number of hydrogen-bond donors (Lipinski definition) is 1. The van der Waals surface area contributed by atoms with Crippen LogP contribution in [0.4, 0.5) is 10.1 Å². The van der Waals surface area contributed by atoms with Crippen LogP contribution in [0.3, 0.4) is 0 Å². The van der Waals surface area contributed by atoms with Crippen LogP contribution in [0, 0.1) is 12.7 Å². The fourth-order valence-corrected chi connectivity index (χ4v) is 1.46. The average Bonchev–Trinajstić information content (AvgIpc) is 2.28. The summed E-state index contributed by atoms with van der Waals surface area (Å²) in [6, 6.07) is 10.4. The lowest BCUT2D eigenvalue weighted by atomic mass is 10.2. The van der Waals surface area contributed by atoms with Gasteiger partial charge in [0.15, 0.2) is 0 Å². The number of benzene rings is 1. The van der Waals surface area contributed by atoms with Crippen LogP contribution >= 0.6 is 0 Å². The molecule has 82 valence electrons. The average molecular weight is 216 g/mol. The molecule has 1 N–H and O–H groups in total. The first-order valence-corrected chi connectivity index (χ1v) is 5.15. The number of nitrogens with one attached hydrogen (secondary N) is 1. The number of nitrogens with zero attached hydrogens (tertiary/aromatic N) is 1. The molecule has 1 heterocycles. The Bertz CT molecular complexity index is 466. The maximum absolute atomic E-state index is 12.7. The summed E-state index contributed by atoms with van der Waals surface area (Å²) in [4.78, 5) is 4.12. The van der Waals surface area contributed by atoms with E-state index in [-0.39, 0.29) is 5.82 Å². The second kappa shape index (κ2) is 4.75. The highest BCUT2D eigenvalue weighted by Crippen LogP contribution is 2.10. The summed E-state index contributed by atoms with van der Waals surface area (Å²) in [6.45, 7) is 2.63. The van der Waals surface area contributed by atoms with Gasteiger partial charge in [-0.3, -0.25) is 4.98 Å². The van der Waals surface area contributed by atoms with Gasteiger partial charge in [0.1, 0.15) is 5.82 Å². The second-order valence-corrected chi connectivity index (χ2v) is 3.67. The first-order valence-electron chi connectivity index (χ1n) is 5.15. The minimum absolute atomic E-state index is 0.205. The fourth-order valence-electron chi connectivity index (χ4n) is 1.46. The minimum Gasteiger partial charge on any atom is -0.381 e. The Morgan fingerprint density at radius 1 is 1.19 bits per heavy atom. The number of aryl methyl sites for hydroxylation is 1. The molecule has 1 aromatic carbocycles. The number of anilines is 1. The lowest BCUT2D eigenvalue weighted by Gasteiger charge is -2.06. The number of halogens is 1. The van der Waals surface area contributed by atoms with Crippen molar-refractivity contribution in [2.45, 2.75) is 13.5 Å². The zero-order valence-electron chi connectivity index (χ0n) is 9.07. The van der Waals surface area contributed by atoms with Crippen molar-refractivity contribution in [1.82, 2.24) is 4.98 Å². The Balaban J connectivity index is 1.99. The summed E-state index contributed by atoms with van der Waals surface area (Å²) in [5, 5.41) is 3.26. The Kier molecular flexibility index (Phi) is 3.15. The van der Waals surface area contributed by atoms with Gasteiger partial charge in [-0.05, 0) is 36.8 Å². The van der Waals surface area contributed by atoms with Crippen molar-refractivity contribution < 1.29 is 4.39 Å². The van der Waals surface area contributed by atoms with Crippen LogP contribution in [0.15, 0.2) is 42.6 Å². The molecule has 0 aliphatic rings. The van der Waals surface area contributed by atoms with Gasteiger partial charge in [-0.15, -0.1) is 0 Å². The number of pyridine rings is 1. The third kappa shape index (κ3) is 2.79. The molecule has 2 nitrogen and oxygen atoms in total. The van der Waals surface area contributed by atoms with Crippen LogP contribution in [0.2, 0.25) is 0 Å². The largest absolute Gasteiger partial charge is 0.381 e. The molecule has 0 atom stereocenters. The van der Waals surface area contributed by atoms with E-state index in [1.54, 1.807) is 18.3 Å². The van der Waals surface area contributed by atoms with Gasteiger partial charge in [0.05, 0.1) is 0 Å². The minimum atomic E-state index is -0.205. The molecule has 0 amide bonds. The quantitative estimate of drug-likeness (QED) is 0.852. The van der Waals surface area contributed by atoms with Crippen molar-refractivity contribution in [2.75, 3.05) is 5.32 Å². The monoisotopic (exact) mass is 216 g/mol. The summed E-state index contributed by atoms with van der Waals surface area (Å²) in [5.74, 6) is -0.205. The van der Waals surface area contributed by atoms with Crippen molar-refractivity contribution in [3.8, 4) is 0 Å². The molecule has 0 saturated heterocycles. The zero-order chi connectivity index (χ0) is 11.4. The molecule has 0 spiro atoms. The highest BCUT2D eigenvalue weighted by molar-refractivity contribution is 5.43. The molecule has 0 bridgehead atoms. The van der Waals surface area contributed by atoms with Gasteiger partial charge >= 0.3 is 0 Å². The summed E-state index contributed by atoms with van der Waals surface area (Å²) < 4.78 is 12.7. The highest BCUT2D eigenvalue weighted by atomic mass is 19.1. The van der Waals surface area contributed by atoms with Crippen LogP contribution in [-0.2, 0) is 6.54 Å². The van der Waals surface area contributed by atoms with Crippen molar-refractivity contribution in [3.05, 3.63) is 59.7 Å². The predicted octanol–water partition coefficient (Wildman–Crippen LogP) is 3.14. The lowest BCUT2D eigenvalue weighted by molar-refractivity contribution is 0.627. The smallest absolute Gasteiger partial charge is 0.123 e. The van der Waals surface area contributed by atoms with Crippen LogP contribution in [-0.4, -0.2) is 4.98 Å². The molecule has 0 saturated carbocycles. The number of rotatable bonds is 3. The summed E-state index contributed by atoms with van der Waals surface area (Å²) in [6.07, 6.45) is 1.77. The van der Waals surface area contributed by atoms with Gasteiger partial charge in [-0.1, -0.05) is 12.1 Å². The van der Waals surface area contributed by atoms with Crippen LogP contribution in [0.25, 0.3) is 0 Å². The standard InChI is InChI=1S/C13H13FN2/c1-10-8-13(6-7-15-10)16-9-11-2-4-12(14)5-3-11/h2-8H,9H2,1H3,(H,15,16). The zero-order valence-corrected chi connectivity index (χ0v) is 9.07. The molecule has 2 aromatic rings. The molecule has 3 heteroatoms. The van der Waals surface area contributed by atoms with Crippen LogP contribution < -0.4 is 5.32 Å². The molecule has 0 aliphatic heterocycles. The summed E-state index contributed by atoms with van der Waals surface area (Å²) in [7, 11) is 0. The lowest BCUT2D eigenvalue weighted by Crippen LogP contribution is -1.99. The molecule has 0 unspecified atom stereocenters. The first kappa shape index (κ1) is 10.6. The summed E-state index contributed by atoms with van der Waals surface area (Å²) in [5.41, 5.74) is 3.05. The van der Waals surface area contributed by atoms with Gasteiger partial charge in [0.25, 0.3) is 0 Å². The molecular weight excluding hydrogens is 203 g/mol. The van der Waals surface area contributed by atoms with Gasteiger partial charge in [0, 0.05) is 24.1 Å². The first-order chi connectivity index (χ1) is 7.74. The molecular formula is C13H13FN2. The third-order valence-electron chi connectivity index (χ3n) is 2.31. The Morgan fingerprint density at radius 2 is 1.94 bits per heavy atom.